The van der Waals surface area contributed by atoms with E-state index in [0.29, 0.717) is 26.3 Å². The second kappa shape index (κ2) is 7.39. The van der Waals surface area contributed by atoms with E-state index in [1.807, 2.05) is 54.3 Å². The Labute approximate surface area is 143 Å². The number of carbonyl (C=O) groups excluding carboxylic acids is 1. The summed E-state index contributed by atoms with van der Waals surface area (Å²) in [6.07, 6.45) is 0.972. The zero-order chi connectivity index (χ0) is 16.9. The van der Waals surface area contributed by atoms with Gasteiger partial charge in [0.1, 0.15) is 13.2 Å². The van der Waals surface area contributed by atoms with Crippen molar-refractivity contribution in [3.8, 4) is 11.5 Å². The first-order valence-corrected chi connectivity index (χ1v) is 8.48. The van der Waals surface area contributed by atoms with Gasteiger partial charge < -0.3 is 14.4 Å². The van der Waals surface area contributed by atoms with E-state index in [2.05, 4.69) is 6.92 Å². The molecule has 24 heavy (non-hydrogen) atoms. The third-order valence-corrected chi connectivity index (χ3v) is 4.29. The number of para-hydroxylation sites is 1. The summed E-state index contributed by atoms with van der Waals surface area (Å²) in [6.45, 7) is 6.36. The van der Waals surface area contributed by atoms with Crippen molar-refractivity contribution in [1.82, 2.24) is 4.90 Å². The first-order valence-electron chi connectivity index (χ1n) is 8.48. The number of hydrogen-bond donors (Lipinski definition) is 0. The summed E-state index contributed by atoms with van der Waals surface area (Å²) in [5, 5.41) is 0. The standard InChI is InChI=1S/C20H23NO3/c1-3-15-8-10-16(11-9-15)20(22)21(4-2)14-17-6-5-7-18-19(17)24-13-12-23-18/h5-11H,3-4,12-14H2,1-2H3. The summed E-state index contributed by atoms with van der Waals surface area (Å²) >= 11 is 0. The Morgan fingerprint density at radius 1 is 1.04 bits per heavy atom. The predicted molar refractivity (Wildman–Crippen MR) is 93.7 cm³/mol. The average Bonchev–Trinajstić information content (AvgIpc) is 2.65. The Balaban J connectivity index is 1.80. The summed E-state index contributed by atoms with van der Waals surface area (Å²) < 4.78 is 11.4. The molecule has 0 radical (unpaired) electrons. The van der Waals surface area contributed by atoms with E-state index in [9.17, 15) is 4.79 Å². The van der Waals surface area contributed by atoms with Gasteiger partial charge in [0.15, 0.2) is 11.5 Å². The molecular formula is C20H23NO3. The van der Waals surface area contributed by atoms with Gasteiger partial charge in [-0.05, 0) is 37.1 Å². The second-order valence-corrected chi connectivity index (χ2v) is 5.81. The Bertz CT molecular complexity index is 709. The Kier molecular flexibility index (Phi) is 5.04. The van der Waals surface area contributed by atoms with E-state index in [1.54, 1.807) is 0 Å². The van der Waals surface area contributed by atoms with Crippen molar-refractivity contribution in [3.05, 3.63) is 59.2 Å². The third-order valence-electron chi connectivity index (χ3n) is 4.29. The van der Waals surface area contributed by atoms with Crippen LogP contribution in [-0.4, -0.2) is 30.6 Å². The molecule has 0 fully saturated rings. The fourth-order valence-electron chi connectivity index (χ4n) is 2.86. The van der Waals surface area contributed by atoms with Crippen LogP contribution >= 0.6 is 0 Å². The molecule has 0 N–H and O–H groups in total. The highest BCUT2D eigenvalue weighted by Crippen LogP contribution is 2.34. The zero-order valence-corrected chi connectivity index (χ0v) is 14.2. The van der Waals surface area contributed by atoms with Crippen LogP contribution in [0.25, 0.3) is 0 Å². The molecule has 0 atom stereocenters. The molecule has 126 valence electrons. The van der Waals surface area contributed by atoms with Crippen LogP contribution in [-0.2, 0) is 13.0 Å². The summed E-state index contributed by atoms with van der Waals surface area (Å²) in [4.78, 5) is 14.6. The number of ether oxygens (including phenoxy) is 2. The summed E-state index contributed by atoms with van der Waals surface area (Å²) in [6, 6.07) is 13.7. The Morgan fingerprint density at radius 3 is 2.50 bits per heavy atom. The number of nitrogens with zero attached hydrogens (tertiary/aromatic N) is 1. The largest absolute Gasteiger partial charge is 0.486 e. The van der Waals surface area contributed by atoms with Gasteiger partial charge >= 0.3 is 0 Å². The van der Waals surface area contributed by atoms with Gasteiger partial charge in [0, 0.05) is 24.2 Å². The van der Waals surface area contributed by atoms with Crippen LogP contribution in [0.5, 0.6) is 11.5 Å². The molecule has 3 rings (SSSR count). The van der Waals surface area contributed by atoms with E-state index in [-0.39, 0.29) is 5.91 Å². The molecule has 0 bridgehead atoms. The van der Waals surface area contributed by atoms with Crippen LogP contribution in [0.3, 0.4) is 0 Å². The molecule has 4 heteroatoms. The monoisotopic (exact) mass is 325 g/mol. The highest BCUT2D eigenvalue weighted by atomic mass is 16.6. The van der Waals surface area contributed by atoms with Crippen LogP contribution in [0.1, 0.15) is 35.3 Å². The lowest BCUT2D eigenvalue weighted by Crippen LogP contribution is -2.31. The molecule has 1 amide bonds. The van der Waals surface area contributed by atoms with Crippen molar-refractivity contribution in [3.63, 3.8) is 0 Å². The minimum absolute atomic E-state index is 0.0366. The van der Waals surface area contributed by atoms with Crippen molar-refractivity contribution in [2.24, 2.45) is 0 Å². The number of fused-ring (bicyclic) bond motifs is 1. The summed E-state index contributed by atoms with van der Waals surface area (Å²) in [7, 11) is 0. The molecule has 0 saturated carbocycles. The molecule has 1 aliphatic heterocycles. The van der Waals surface area contributed by atoms with E-state index in [0.717, 1.165) is 29.0 Å². The Morgan fingerprint density at radius 2 is 1.79 bits per heavy atom. The number of hydrogen-bond acceptors (Lipinski definition) is 3. The van der Waals surface area contributed by atoms with Crippen molar-refractivity contribution >= 4 is 5.91 Å². The average molecular weight is 325 g/mol. The first kappa shape index (κ1) is 16.4. The molecule has 2 aromatic carbocycles. The minimum Gasteiger partial charge on any atom is -0.486 e. The van der Waals surface area contributed by atoms with Crippen molar-refractivity contribution in [2.75, 3.05) is 19.8 Å². The topological polar surface area (TPSA) is 38.8 Å². The van der Waals surface area contributed by atoms with Crippen LogP contribution in [0.2, 0.25) is 0 Å². The highest BCUT2D eigenvalue weighted by molar-refractivity contribution is 5.94. The van der Waals surface area contributed by atoms with Crippen LogP contribution in [0.4, 0.5) is 0 Å². The first-order chi connectivity index (χ1) is 11.7. The van der Waals surface area contributed by atoms with Gasteiger partial charge in [-0.25, -0.2) is 0 Å². The highest BCUT2D eigenvalue weighted by Gasteiger charge is 2.20. The lowest BCUT2D eigenvalue weighted by molar-refractivity contribution is 0.0749. The van der Waals surface area contributed by atoms with Crippen LogP contribution in [0, 0.1) is 0 Å². The zero-order valence-electron chi connectivity index (χ0n) is 14.2. The molecule has 0 spiro atoms. The maximum Gasteiger partial charge on any atom is 0.254 e. The van der Waals surface area contributed by atoms with Gasteiger partial charge in [0.25, 0.3) is 5.91 Å². The lowest BCUT2D eigenvalue weighted by atomic mass is 10.1. The maximum absolute atomic E-state index is 12.8. The number of carbonyl (C=O) groups is 1. The molecule has 1 heterocycles. The number of aryl methyl sites for hydroxylation is 1. The van der Waals surface area contributed by atoms with E-state index in [1.165, 1.54) is 5.56 Å². The van der Waals surface area contributed by atoms with E-state index in [4.69, 9.17) is 9.47 Å². The van der Waals surface area contributed by atoms with Gasteiger partial charge in [-0.15, -0.1) is 0 Å². The lowest BCUT2D eigenvalue weighted by Gasteiger charge is -2.25. The molecule has 4 nitrogen and oxygen atoms in total. The van der Waals surface area contributed by atoms with Crippen molar-refractivity contribution < 1.29 is 14.3 Å². The molecule has 0 saturated heterocycles. The van der Waals surface area contributed by atoms with Gasteiger partial charge in [0.2, 0.25) is 0 Å². The summed E-state index contributed by atoms with van der Waals surface area (Å²) in [5.74, 6) is 1.56. The molecular weight excluding hydrogens is 302 g/mol. The quantitative estimate of drug-likeness (QED) is 0.842. The van der Waals surface area contributed by atoms with Crippen LogP contribution in [0.15, 0.2) is 42.5 Å². The van der Waals surface area contributed by atoms with Gasteiger partial charge in [-0.1, -0.05) is 31.2 Å². The normalized spacial score (nSPS) is 12.8. The van der Waals surface area contributed by atoms with E-state index < -0.39 is 0 Å². The SMILES string of the molecule is CCc1ccc(C(=O)N(CC)Cc2cccc3c2OCCO3)cc1. The number of amides is 1. The number of benzene rings is 2. The maximum atomic E-state index is 12.8. The van der Waals surface area contributed by atoms with Gasteiger partial charge in [-0.2, -0.15) is 0 Å². The van der Waals surface area contributed by atoms with Crippen LogP contribution < -0.4 is 9.47 Å². The molecule has 2 aromatic rings. The number of rotatable bonds is 5. The van der Waals surface area contributed by atoms with Gasteiger partial charge in [-0.3, -0.25) is 4.79 Å². The van der Waals surface area contributed by atoms with E-state index >= 15 is 0 Å². The summed E-state index contributed by atoms with van der Waals surface area (Å²) in [5.41, 5.74) is 2.93. The molecule has 0 aliphatic carbocycles. The Hall–Kier alpha value is -2.49. The second-order valence-electron chi connectivity index (χ2n) is 5.81. The molecule has 0 unspecified atom stereocenters. The fraction of sp³-hybridized carbons (Fsp3) is 0.350. The molecule has 0 aromatic heterocycles. The van der Waals surface area contributed by atoms with Crippen molar-refractivity contribution in [2.45, 2.75) is 26.8 Å². The predicted octanol–water partition coefficient (Wildman–Crippen LogP) is 3.68. The molecule has 1 aliphatic rings. The van der Waals surface area contributed by atoms with Gasteiger partial charge in [0.05, 0.1) is 0 Å². The smallest absolute Gasteiger partial charge is 0.254 e. The van der Waals surface area contributed by atoms with Crippen molar-refractivity contribution in [1.29, 1.82) is 0 Å². The minimum atomic E-state index is 0.0366. The third kappa shape index (κ3) is 3.37. The fourth-order valence-corrected chi connectivity index (χ4v) is 2.86.